The summed E-state index contributed by atoms with van der Waals surface area (Å²) in [5, 5.41) is 5.56. The van der Waals surface area contributed by atoms with E-state index in [4.69, 9.17) is 4.74 Å². The molecule has 22 heavy (non-hydrogen) atoms. The van der Waals surface area contributed by atoms with Crippen molar-refractivity contribution in [3.05, 3.63) is 42.5 Å². The molecule has 2 heterocycles. The number of rotatable bonds is 3. The Labute approximate surface area is 132 Å². The van der Waals surface area contributed by atoms with Gasteiger partial charge in [-0.05, 0) is 25.2 Å². The van der Waals surface area contributed by atoms with Gasteiger partial charge in [-0.15, -0.1) is 11.3 Å². The van der Waals surface area contributed by atoms with Gasteiger partial charge >= 0.3 is 6.09 Å². The standard InChI is InChI=1S/C17H16N2O2S/c1-18-9-12-10-19(17(20)21-12)11-6-7-14-13-4-2-3-5-15(13)22-16(14)8-11/h2-8,12,18H,9-10H2,1H3. The minimum absolute atomic E-state index is 0.0874. The zero-order valence-electron chi connectivity index (χ0n) is 12.2. The molecule has 0 bridgehead atoms. The van der Waals surface area contributed by atoms with Gasteiger partial charge < -0.3 is 10.1 Å². The molecule has 1 amide bonds. The van der Waals surface area contributed by atoms with Crippen LogP contribution in [0.15, 0.2) is 42.5 Å². The number of anilines is 1. The Bertz CT molecular complexity index is 858. The lowest BCUT2D eigenvalue weighted by molar-refractivity contribution is 0.141. The van der Waals surface area contributed by atoms with Crippen LogP contribution in [0, 0.1) is 0 Å². The molecule has 4 nitrogen and oxygen atoms in total. The van der Waals surface area contributed by atoms with Crippen LogP contribution in [0.3, 0.4) is 0 Å². The molecule has 1 unspecified atom stereocenters. The van der Waals surface area contributed by atoms with Crippen molar-refractivity contribution in [2.45, 2.75) is 6.10 Å². The summed E-state index contributed by atoms with van der Waals surface area (Å²) in [7, 11) is 1.86. The maximum absolute atomic E-state index is 12.0. The number of hydrogen-bond acceptors (Lipinski definition) is 4. The molecule has 0 spiro atoms. The van der Waals surface area contributed by atoms with Gasteiger partial charge in [-0.2, -0.15) is 0 Å². The van der Waals surface area contributed by atoms with E-state index in [2.05, 4.69) is 41.7 Å². The molecule has 0 aliphatic carbocycles. The predicted molar refractivity (Wildman–Crippen MR) is 90.9 cm³/mol. The second kappa shape index (κ2) is 5.26. The number of amides is 1. The maximum Gasteiger partial charge on any atom is 0.414 e. The number of nitrogens with zero attached hydrogens (tertiary/aromatic N) is 1. The molecule has 3 aromatic rings. The van der Waals surface area contributed by atoms with Crippen LogP contribution in [0.1, 0.15) is 0 Å². The summed E-state index contributed by atoms with van der Waals surface area (Å²) in [6, 6.07) is 14.6. The van der Waals surface area contributed by atoms with E-state index in [1.54, 1.807) is 16.2 Å². The average molecular weight is 312 g/mol. The smallest absolute Gasteiger partial charge is 0.414 e. The van der Waals surface area contributed by atoms with Crippen molar-refractivity contribution in [1.82, 2.24) is 5.32 Å². The van der Waals surface area contributed by atoms with Crippen molar-refractivity contribution in [1.29, 1.82) is 0 Å². The Morgan fingerprint density at radius 3 is 2.91 bits per heavy atom. The molecule has 112 valence electrons. The first kappa shape index (κ1) is 13.5. The maximum atomic E-state index is 12.0. The fourth-order valence-corrected chi connectivity index (χ4v) is 4.09. The highest BCUT2D eigenvalue weighted by molar-refractivity contribution is 7.25. The van der Waals surface area contributed by atoms with Crippen molar-refractivity contribution >= 4 is 43.3 Å². The highest BCUT2D eigenvalue weighted by Crippen LogP contribution is 2.36. The summed E-state index contributed by atoms with van der Waals surface area (Å²) in [6.07, 6.45) is -0.351. The first-order valence-electron chi connectivity index (χ1n) is 7.30. The quantitative estimate of drug-likeness (QED) is 0.803. The van der Waals surface area contributed by atoms with Crippen molar-refractivity contribution < 1.29 is 9.53 Å². The molecule has 4 rings (SSSR count). The summed E-state index contributed by atoms with van der Waals surface area (Å²) in [5.74, 6) is 0. The van der Waals surface area contributed by atoms with Gasteiger partial charge in [-0.25, -0.2) is 4.79 Å². The van der Waals surface area contributed by atoms with E-state index in [0.717, 1.165) is 5.69 Å². The highest BCUT2D eigenvalue weighted by atomic mass is 32.1. The van der Waals surface area contributed by atoms with Gasteiger partial charge in [0, 0.05) is 32.4 Å². The normalized spacial score (nSPS) is 18.3. The Kier molecular flexibility index (Phi) is 3.24. The summed E-state index contributed by atoms with van der Waals surface area (Å²) in [5.41, 5.74) is 0.905. The van der Waals surface area contributed by atoms with Crippen LogP contribution in [-0.2, 0) is 4.74 Å². The minimum Gasteiger partial charge on any atom is -0.443 e. The molecule has 5 heteroatoms. The van der Waals surface area contributed by atoms with Gasteiger partial charge in [0.1, 0.15) is 6.10 Å². The summed E-state index contributed by atoms with van der Waals surface area (Å²) in [6.45, 7) is 1.27. The molecule has 1 aliphatic heterocycles. The van der Waals surface area contributed by atoms with E-state index in [-0.39, 0.29) is 12.2 Å². The number of thiophene rings is 1. The number of carbonyl (C=O) groups excluding carboxylic acids is 1. The number of nitrogens with one attached hydrogen (secondary N) is 1. The first-order valence-corrected chi connectivity index (χ1v) is 8.12. The number of likely N-dealkylation sites (N-methyl/N-ethyl adjacent to an activating group) is 1. The lowest BCUT2D eigenvalue weighted by atomic mass is 10.1. The van der Waals surface area contributed by atoms with E-state index < -0.39 is 0 Å². The van der Waals surface area contributed by atoms with Gasteiger partial charge in [0.25, 0.3) is 0 Å². The first-order chi connectivity index (χ1) is 10.8. The van der Waals surface area contributed by atoms with Crippen LogP contribution in [0.4, 0.5) is 10.5 Å². The zero-order chi connectivity index (χ0) is 15.1. The highest BCUT2D eigenvalue weighted by Gasteiger charge is 2.31. The van der Waals surface area contributed by atoms with Crippen LogP contribution >= 0.6 is 11.3 Å². The van der Waals surface area contributed by atoms with E-state index in [0.29, 0.717) is 13.1 Å². The Morgan fingerprint density at radius 1 is 1.23 bits per heavy atom. The fraction of sp³-hybridized carbons (Fsp3) is 0.235. The van der Waals surface area contributed by atoms with Crippen LogP contribution in [0.5, 0.6) is 0 Å². The molecule has 1 saturated heterocycles. The third-order valence-electron chi connectivity index (χ3n) is 3.98. The van der Waals surface area contributed by atoms with Crippen LogP contribution in [0.25, 0.3) is 20.2 Å². The number of ether oxygens (including phenoxy) is 1. The fourth-order valence-electron chi connectivity index (χ4n) is 2.95. The van der Waals surface area contributed by atoms with E-state index in [1.165, 1.54) is 20.2 Å². The van der Waals surface area contributed by atoms with E-state index >= 15 is 0 Å². The molecule has 2 aromatic carbocycles. The molecule has 1 fully saturated rings. The van der Waals surface area contributed by atoms with Gasteiger partial charge in [0.05, 0.1) is 6.54 Å². The summed E-state index contributed by atoms with van der Waals surface area (Å²) in [4.78, 5) is 13.8. The SMILES string of the molecule is CNCC1CN(c2ccc3c(c2)sc2ccccc23)C(=O)O1. The van der Waals surface area contributed by atoms with E-state index in [9.17, 15) is 4.79 Å². The van der Waals surface area contributed by atoms with Gasteiger partial charge in [0.15, 0.2) is 0 Å². The number of hydrogen-bond donors (Lipinski definition) is 1. The zero-order valence-corrected chi connectivity index (χ0v) is 13.0. The lowest BCUT2D eigenvalue weighted by Gasteiger charge is -2.13. The monoisotopic (exact) mass is 312 g/mol. The Hall–Kier alpha value is -2.11. The lowest BCUT2D eigenvalue weighted by Crippen LogP contribution is -2.28. The third kappa shape index (κ3) is 2.14. The van der Waals surface area contributed by atoms with Crippen molar-refractivity contribution in [3.8, 4) is 0 Å². The predicted octanol–water partition coefficient (Wildman–Crippen LogP) is 3.60. The molecule has 1 atom stereocenters. The van der Waals surface area contributed by atoms with Gasteiger partial charge in [0.2, 0.25) is 0 Å². The van der Waals surface area contributed by atoms with Crippen molar-refractivity contribution in [2.24, 2.45) is 0 Å². The van der Waals surface area contributed by atoms with Crippen LogP contribution in [0.2, 0.25) is 0 Å². The number of carbonyl (C=O) groups is 1. The molecule has 1 aromatic heterocycles. The Morgan fingerprint density at radius 2 is 2.05 bits per heavy atom. The average Bonchev–Trinajstić information content (AvgIpc) is 3.07. The van der Waals surface area contributed by atoms with Crippen LogP contribution in [-0.4, -0.2) is 32.3 Å². The molecule has 0 saturated carbocycles. The molecule has 1 aliphatic rings. The second-order valence-corrected chi connectivity index (χ2v) is 6.54. The van der Waals surface area contributed by atoms with Gasteiger partial charge in [-0.1, -0.05) is 24.3 Å². The molecular weight excluding hydrogens is 296 g/mol. The van der Waals surface area contributed by atoms with Crippen molar-refractivity contribution in [3.63, 3.8) is 0 Å². The van der Waals surface area contributed by atoms with Crippen LogP contribution < -0.4 is 10.2 Å². The number of cyclic esters (lactones) is 1. The van der Waals surface area contributed by atoms with Gasteiger partial charge in [-0.3, -0.25) is 4.90 Å². The molecule has 0 radical (unpaired) electrons. The van der Waals surface area contributed by atoms with E-state index in [1.807, 2.05) is 13.1 Å². The number of benzene rings is 2. The molecule has 1 N–H and O–H groups in total. The second-order valence-electron chi connectivity index (χ2n) is 5.45. The topological polar surface area (TPSA) is 41.6 Å². The van der Waals surface area contributed by atoms with Crippen molar-refractivity contribution in [2.75, 3.05) is 25.0 Å². The third-order valence-corrected chi connectivity index (χ3v) is 5.11. The summed E-state index contributed by atoms with van der Waals surface area (Å²) < 4.78 is 7.84. The minimum atomic E-state index is -0.263. The largest absolute Gasteiger partial charge is 0.443 e. The Balaban J connectivity index is 1.74. The molecular formula is C17H16N2O2S. The summed E-state index contributed by atoms with van der Waals surface area (Å²) >= 11 is 1.76. The number of fused-ring (bicyclic) bond motifs is 3.